The van der Waals surface area contributed by atoms with E-state index in [1.165, 1.54) is 0 Å². The number of carbonyl (C=O) groups is 1. The van der Waals surface area contributed by atoms with Crippen LogP contribution in [0.25, 0.3) is 0 Å². The molecule has 0 aliphatic carbocycles. The van der Waals surface area contributed by atoms with Crippen LogP contribution in [0.1, 0.15) is 33.6 Å². The molecule has 0 aromatic heterocycles. The molecule has 0 aliphatic heterocycles. The zero-order chi connectivity index (χ0) is 12.8. The number of carboxylic acids is 1. The number of carboxylic acid groups (broad SMARTS) is 1. The molecule has 0 saturated heterocycles. The topological polar surface area (TPSA) is 60.8 Å². The second kappa shape index (κ2) is 6.66. The summed E-state index contributed by atoms with van der Waals surface area (Å²) in [5.41, 5.74) is -0.447. The molecule has 16 heavy (non-hydrogen) atoms. The first-order valence-electron chi connectivity index (χ1n) is 5.78. The van der Waals surface area contributed by atoms with E-state index >= 15 is 0 Å². The van der Waals surface area contributed by atoms with Crippen molar-refractivity contribution in [3.63, 3.8) is 0 Å². The number of rotatable bonds is 8. The number of aliphatic carboxylic acids is 1. The summed E-state index contributed by atoms with van der Waals surface area (Å²) < 4.78 is 0. The molecule has 0 spiro atoms. The van der Waals surface area contributed by atoms with Gasteiger partial charge in [-0.3, -0.25) is 4.90 Å². The molecule has 0 aromatic carbocycles. The van der Waals surface area contributed by atoms with Crippen LogP contribution < -0.4 is 0 Å². The van der Waals surface area contributed by atoms with Gasteiger partial charge in [0, 0.05) is 6.61 Å². The molecule has 0 aliphatic rings. The van der Waals surface area contributed by atoms with Gasteiger partial charge in [-0.2, -0.15) is 0 Å². The molecule has 0 heterocycles. The van der Waals surface area contributed by atoms with Gasteiger partial charge in [-0.25, -0.2) is 4.79 Å². The molecular weight excluding hydrogens is 206 g/mol. The van der Waals surface area contributed by atoms with Crippen LogP contribution in [0.3, 0.4) is 0 Å². The Kier molecular flexibility index (Phi) is 6.29. The number of hydrogen-bond donors (Lipinski definition) is 2. The molecule has 2 N–H and O–H groups in total. The molecule has 0 radical (unpaired) electrons. The molecule has 0 fully saturated rings. The van der Waals surface area contributed by atoms with Crippen LogP contribution in [0, 0.1) is 0 Å². The Labute approximate surface area is 97.6 Å². The highest BCUT2D eigenvalue weighted by Crippen LogP contribution is 2.31. The summed E-state index contributed by atoms with van der Waals surface area (Å²) in [5, 5.41) is 18.3. The van der Waals surface area contributed by atoms with Crippen molar-refractivity contribution in [2.24, 2.45) is 0 Å². The highest BCUT2D eigenvalue weighted by atomic mass is 16.4. The van der Waals surface area contributed by atoms with E-state index in [0.717, 1.165) is 13.1 Å². The van der Waals surface area contributed by atoms with Gasteiger partial charge in [-0.05, 0) is 25.9 Å². The maximum atomic E-state index is 11.1. The van der Waals surface area contributed by atoms with Crippen LogP contribution in [0.5, 0.6) is 0 Å². The Hall–Kier alpha value is -0.870. The van der Waals surface area contributed by atoms with Crippen LogP contribution in [0.15, 0.2) is 12.2 Å². The van der Waals surface area contributed by atoms with Gasteiger partial charge in [0.1, 0.15) is 0 Å². The van der Waals surface area contributed by atoms with Gasteiger partial charge in [0.2, 0.25) is 0 Å². The molecular formula is C12H23NO3. The van der Waals surface area contributed by atoms with Crippen molar-refractivity contribution in [2.45, 2.75) is 39.2 Å². The van der Waals surface area contributed by atoms with E-state index in [-0.39, 0.29) is 12.2 Å². The quantitative estimate of drug-likeness (QED) is 0.619. The summed E-state index contributed by atoms with van der Waals surface area (Å²) in [4.78, 5) is 13.2. The maximum Gasteiger partial charge on any atom is 0.332 e. The van der Waals surface area contributed by atoms with Gasteiger partial charge in [-0.15, -0.1) is 0 Å². The van der Waals surface area contributed by atoms with Gasteiger partial charge >= 0.3 is 5.97 Å². The number of aliphatic hydroxyl groups excluding tert-OH is 1. The smallest absolute Gasteiger partial charge is 0.332 e. The number of likely N-dealkylation sites (N-methyl/N-ethyl adjacent to an activating group) is 1. The molecule has 0 rings (SSSR count). The molecule has 0 amide bonds. The molecule has 0 saturated carbocycles. The fourth-order valence-electron chi connectivity index (χ4n) is 2.33. The summed E-state index contributed by atoms with van der Waals surface area (Å²) in [6.07, 6.45) is 1.05. The predicted octanol–water partition coefficient (Wildman–Crippen LogP) is 1.50. The molecule has 94 valence electrons. The Morgan fingerprint density at radius 2 is 1.81 bits per heavy atom. The van der Waals surface area contributed by atoms with E-state index in [9.17, 15) is 4.79 Å². The van der Waals surface area contributed by atoms with E-state index in [1.54, 1.807) is 0 Å². The van der Waals surface area contributed by atoms with Gasteiger partial charge in [0.25, 0.3) is 0 Å². The van der Waals surface area contributed by atoms with Gasteiger partial charge in [-0.1, -0.05) is 27.4 Å². The Balaban J connectivity index is 5.27. The Morgan fingerprint density at radius 3 is 2.06 bits per heavy atom. The fourth-order valence-corrected chi connectivity index (χ4v) is 2.33. The molecule has 4 heteroatoms. The lowest BCUT2D eigenvalue weighted by Gasteiger charge is -2.42. The summed E-state index contributed by atoms with van der Waals surface area (Å²) in [7, 11) is 0. The predicted molar refractivity (Wildman–Crippen MR) is 64.4 cm³/mol. The molecule has 1 atom stereocenters. The number of nitrogens with zero attached hydrogens (tertiary/aromatic N) is 1. The first-order chi connectivity index (χ1) is 7.49. The summed E-state index contributed by atoms with van der Waals surface area (Å²) >= 11 is 0. The van der Waals surface area contributed by atoms with Gasteiger partial charge < -0.3 is 10.2 Å². The largest absolute Gasteiger partial charge is 0.478 e. The zero-order valence-electron chi connectivity index (χ0n) is 10.5. The van der Waals surface area contributed by atoms with Gasteiger partial charge in [0.05, 0.1) is 11.1 Å². The second-order valence-electron chi connectivity index (χ2n) is 3.81. The lowest BCUT2D eigenvalue weighted by atomic mass is 9.82. The Bertz CT molecular complexity index is 249. The SMILES string of the molecule is C=C(C(=O)O)C(CC)(CCO)N(CC)CC. The minimum Gasteiger partial charge on any atom is -0.478 e. The van der Waals surface area contributed by atoms with Crippen molar-refractivity contribution in [1.29, 1.82) is 0 Å². The number of hydrogen-bond acceptors (Lipinski definition) is 3. The lowest BCUT2D eigenvalue weighted by Crippen LogP contribution is -2.51. The van der Waals surface area contributed by atoms with Crippen molar-refractivity contribution < 1.29 is 15.0 Å². The number of aliphatic hydroxyl groups is 1. The average Bonchev–Trinajstić information content (AvgIpc) is 2.28. The third kappa shape index (κ3) is 2.83. The monoisotopic (exact) mass is 229 g/mol. The van der Waals surface area contributed by atoms with Crippen LogP contribution >= 0.6 is 0 Å². The van der Waals surface area contributed by atoms with Crippen LogP contribution in [0.2, 0.25) is 0 Å². The lowest BCUT2D eigenvalue weighted by molar-refractivity contribution is -0.134. The molecule has 1 unspecified atom stereocenters. The first kappa shape index (κ1) is 15.1. The van der Waals surface area contributed by atoms with E-state index in [4.69, 9.17) is 10.2 Å². The normalized spacial score (nSPS) is 14.8. The van der Waals surface area contributed by atoms with Crippen LogP contribution in [0.4, 0.5) is 0 Å². The molecule has 4 nitrogen and oxygen atoms in total. The fraction of sp³-hybridized carbons (Fsp3) is 0.750. The van der Waals surface area contributed by atoms with Crippen molar-refractivity contribution in [3.05, 3.63) is 12.2 Å². The van der Waals surface area contributed by atoms with E-state index < -0.39 is 11.5 Å². The highest BCUT2D eigenvalue weighted by Gasteiger charge is 2.38. The van der Waals surface area contributed by atoms with Crippen molar-refractivity contribution in [1.82, 2.24) is 4.90 Å². The van der Waals surface area contributed by atoms with E-state index in [2.05, 4.69) is 11.5 Å². The standard InChI is InChI=1S/C12H23NO3/c1-5-12(8-9-14,10(4)11(15)16)13(6-2)7-3/h14H,4-9H2,1-3H3,(H,15,16). The van der Waals surface area contributed by atoms with Gasteiger partial charge in [0.15, 0.2) is 0 Å². The summed E-state index contributed by atoms with van der Waals surface area (Å²) in [5.74, 6) is -0.984. The zero-order valence-corrected chi connectivity index (χ0v) is 10.5. The first-order valence-corrected chi connectivity index (χ1v) is 5.78. The van der Waals surface area contributed by atoms with E-state index in [0.29, 0.717) is 12.8 Å². The summed E-state index contributed by atoms with van der Waals surface area (Å²) in [6.45, 7) is 11.0. The third-order valence-electron chi connectivity index (χ3n) is 3.30. The van der Waals surface area contributed by atoms with Crippen molar-refractivity contribution >= 4 is 5.97 Å². The minimum absolute atomic E-state index is 0.0311. The van der Waals surface area contributed by atoms with Crippen LogP contribution in [-0.2, 0) is 4.79 Å². The minimum atomic E-state index is -0.984. The van der Waals surface area contributed by atoms with Crippen molar-refractivity contribution in [2.75, 3.05) is 19.7 Å². The van der Waals surface area contributed by atoms with Crippen molar-refractivity contribution in [3.8, 4) is 0 Å². The van der Waals surface area contributed by atoms with E-state index in [1.807, 2.05) is 20.8 Å². The molecule has 0 bridgehead atoms. The third-order valence-corrected chi connectivity index (χ3v) is 3.30. The summed E-state index contributed by atoms with van der Waals surface area (Å²) in [6, 6.07) is 0. The molecule has 0 aromatic rings. The Morgan fingerprint density at radius 1 is 1.31 bits per heavy atom. The maximum absolute atomic E-state index is 11.1. The average molecular weight is 229 g/mol. The van der Waals surface area contributed by atoms with Crippen LogP contribution in [-0.4, -0.2) is 46.3 Å². The highest BCUT2D eigenvalue weighted by molar-refractivity contribution is 5.88. The second-order valence-corrected chi connectivity index (χ2v) is 3.81.